The highest BCUT2D eigenvalue weighted by atomic mass is 32.1. The van der Waals surface area contributed by atoms with Crippen molar-refractivity contribution in [3.63, 3.8) is 0 Å². The molecule has 1 N–H and O–H groups in total. The van der Waals surface area contributed by atoms with Crippen LogP contribution in [0.25, 0.3) is 0 Å². The van der Waals surface area contributed by atoms with Crippen LogP contribution in [0.5, 0.6) is 0 Å². The third kappa shape index (κ3) is 3.95. The number of hydrogen-bond acceptors (Lipinski definition) is 2. The molecule has 0 spiro atoms. The van der Waals surface area contributed by atoms with E-state index in [-0.39, 0.29) is 5.82 Å². The molecule has 0 radical (unpaired) electrons. The molecule has 3 heteroatoms. The molecule has 0 aliphatic carbocycles. The van der Waals surface area contributed by atoms with Gasteiger partial charge in [-0.1, -0.05) is 24.3 Å². The molecule has 0 aliphatic heterocycles. The first kappa shape index (κ1) is 12.3. The number of rotatable bonds is 6. The van der Waals surface area contributed by atoms with Crippen LogP contribution in [0.4, 0.5) is 4.39 Å². The largest absolute Gasteiger partial charge is 0.316 e. The number of halogens is 1. The van der Waals surface area contributed by atoms with Crippen molar-refractivity contribution in [1.29, 1.82) is 0 Å². The Bertz CT molecular complexity index is 439. The Kier molecular flexibility index (Phi) is 4.71. The summed E-state index contributed by atoms with van der Waals surface area (Å²) in [5.74, 6) is -0.104. The minimum absolute atomic E-state index is 0.104. The van der Waals surface area contributed by atoms with Gasteiger partial charge in [-0.3, -0.25) is 0 Å². The van der Waals surface area contributed by atoms with Gasteiger partial charge in [-0.2, -0.15) is 0 Å². The molecule has 0 fully saturated rings. The minimum Gasteiger partial charge on any atom is -0.316 e. The molecule has 2 aromatic rings. The molecular formula is C14H16FNS. The number of benzene rings is 1. The fraction of sp³-hybridized carbons (Fsp3) is 0.286. The Hall–Kier alpha value is -1.19. The van der Waals surface area contributed by atoms with E-state index in [0.717, 1.165) is 31.5 Å². The van der Waals surface area contributed by atoms with E-state index in [9.17, 15) is 4.39 Å². The number of thiophene rings is 1. The molecule has 0 unspecified atom stereocenters. The lowest BCUT2D eigenvalue weighted by Gasteiger charge is -2.04. The highest BCUT2D eigenvalue weighted by Gasteiger charge is 1.99. The molecule has 0 saturated heterocycles. The van der Waals surface area contributed by atoms with Crippen LogP contribution in [0.1, 0.15) is 10.4 Å². The smallest absolute Gasteiger partial charge is 0.126 e. The summed E-state index contributed by atoms with van der Waals surface area (Å²) >= 11 is 1.78. The lowest BCUT2D eigenvalue weighted by atomic mass is 10.1. The molecular weight excluding hydrogens is 233 g/mol. The third-order valence-corrected chi connectivity index (χ3v) is 3.59. The molecule has 0 amide bonds. The molecule has 0 bridgehead atoms. The minimum atomic E-state index is -0.104. The Morgan fingerprint density at radius 2 is 1.82 bits per heavy atom. The van der Waals surface area contributed by atoms with E-state index in [2.05, 4.69) is 22.8 Å². The highest BCUT2D eigenvalue weighted by molar-refractivity contribution is 7.09. The predicted molar refractivity (Wildman–Crippen MR) is 71.0 cm³/mol. The summed E-state index contributed by atoms with van der Waals surface area (Å²) in [5, 5.41) is 5.43. The van der Waals surface area contributed by atoms with Crippen molar-refractivity contribution in [2.24, 2.45) is 0 Å². The third-order valence-electron chi connectivity index (χ3n) is 2.66. The Labute approximate surface area is 105 Å². The van der Waals surface area contributed by atoms with Gasteiger partial charge in [0.2, 0.25) is 0 Å². The van der Waals surface area contributed by atoms with Gasteiger partial charge < -0.3 is 5.32 Å². The van der Waals surface area contributed by atoms with Gasteiger partial charge in [0.05, 0.1) is 0 Å². The van der Waals surface area contributed by atoms with Gasteiger partial charge in [-0.25, -0.2) is 4.39 Å². The quantitative estimate of drug-likeness (QED) is 0.775. The van der Waals surface area contributed by atoms with E-state index in [4.69, 9.17) is 0 Å². The average molecular weight is 249 g/mol. The Morgan fingerprint density at radius 3 is 2.59 bits per heavy atom. The molecule has 0 aliphatic rings. The average Bonchev–Trinajstić information content (AvgIpc) is 2.84. The second kappa shape index (κ2) is 6.52. The van der Waals surface area contributed by atoms with Crippen LogP contribution in [-0.2, 0) is 12.8 Å². The van der Waals surface area contributed by atoms with Gasteiger partial charge in [-0.05, 0) is 49.0 Å². The van der Waals surface area contributed by atoms with Crippen molar-refractivity contribution in [1.82, 2.24) is 5.32 Å². The van der Waals surface area contributed by atoms with E-state index in [0.29, 0.717) is 0 Å². The molecule has 1 nitrogen and oxygen atoms in total. The molecule has 1 aromatic carbocycles. The van der Waals surface area contributed by atoms with E-state index in [1.54, 1.807) is 17.4 Å². The second-order valence-corrected chi connectivity index (χ2v) is 4.95. The van der Waals surface area contributed by atoms with Crippen molar-refractivity contribution < 1.29 is 4.39 Å². The van der Waals surface area contributed by atoms with Crippen LogP contribution in [0, 0.1) is 5.82 Å². The van der Waals surface area contributed by atoms with Crippen molar-refractivity contribution in [3.8, 4) is 0 Å². The van der Waals surface area contributed by atoms with Crippen molar-refractivity contribution >= 4 is 11.3 Å². The summed E-state index contributed by atoms with van der Waals surface area (Å²) in [5.41, 5.74) is 0.788. The standard InChI is InChI=1S/C14H16FNS/c15-14-6-2-1-4-12(14)7-9-16-10-8-13-5-3-11-17-13/h1-6,11,16H,7-10H2. The van der Waals surface area contributed by atoms with Gasteiger partial charge in [0, 0.05) is 4.88 Å². The maximum absolute atomic E-state index is 13.3. The highest BCUT2D eigenvalue weighted by Crippen LogP contribution is 2.08. The Balaban J connectivity index is 1.65. The summed E-state index contributed by atoms with van der Waals surface area (Å²) in [6, 6.07) is 11.2. The fourth-order valence-electron chi connectivity index (χ4n) is 1.72. The normalized spacial score (nSPS) is 10.6. The number of nitrogens with one attached hydrogen (secondary N) is 1. The lowest BCUT2D eigenvalue weighted by molar-refractivity contribution is 0.598. The van der Waals surface area contributed by atoms with E-state index in [1.165, 1.54) is 10.9 Å². The monoisotopic (exact) mass is 249 g/mol. The first-order valence-corrected chi connectivity index (χ1v) is 6.71. The lowest BCUT2D eigenvalue weighted by Crippen LogP contribution is -2.20. The predicted octanol–water partition coefficient (Wildman–Crippen LogP) is 3.26. The second-order valence-electron chi connectivity index (χ2n) is 3.92. The molecule has 0 atom stereocenters. The summed E-state index contributed by atoms with van der Waals surface area (Å²) in [4.78, 5) is 1.39. The van der Waals surface area contributed by atoms with Crippen LogP contribution in [-0.4, -0.2) is 13.1 Å². The first-order chi connectivity index (χ1) is 8.36. The van der Waals surface area contributed by atoms with Crippen LogP contribution in [0.2, 0.25) is 0 Å². The van der Waals surface area contributed by atoms with Gasteiger partial charge in [0.1, 0.15) is 5.82 Å². The zero-order valence-electron chi connectivity index (χ0n) is 9.66. The van der Waals surface area contributed by atoms with Gasteiger partial charge in [0.25, 0.3) is 0 Å². The van der Waals surface area contributed by atoms with Crippen LogP contribution in [0.3, 0.4) is 0 Å². The van der Waals surface area contributed by atoms with Crippen LogP contribution < -0.4 is 5.32 Å². The van der Waals surface area contributed by atoms with Crippen molar-refractivity contribution in [2.45, 2.75) is 12.8 Å². The summed E-state index contributed by atoms with van der Waals surface area (Å²) < 4.78 is 13.3. The molecule has 0 saturated carbocycles. The number of hydrogen-bond donors (Lipinski definition) is 1. The molecule has 17 heavy (non-hydrogen) atoms. The molecule has 2 rings (SSSR count). The maximum Gasteiger partial charge on any atom is 0.126 e. The van der Waals surface area contributed by atoms with Gasteiger partial charge in [-0.15, -0.1) is 11.3 Å². The van der Waals surface area contributed by atoms with Crippen LogP contribution >= 0.6 is 11.3 Å². The van der Waals surface area contributed by atoms with Crippen molar-refractivity contribution in [2.75, 3.05) is 13.1 Å². The van der Waals surface area contributed by atoms with Crippen LogP contribution in [0.15, 0.2) is 41.8 Å². The summed E-state index contributed by atoms with van der Waals surface area (Å²) in [6.45, 7) is 1.78. The van der Waals surface area contributed by atoms with E-state index < -0.39 is 0 Å². The van der Waals surface area contributed by atoms with Gasteiger partial charge >= 0.3 is 0 Å². The summed E-state index contributed by atoms with van der Waals surface area (Å²) in [7, 11) is 0. The summed E-state index contributed by atoms with van der Waals surface area (Å²) in [6.07, 6.45) is 1.80. The zero-order chi connectivity index (χ0) is 11.9. The molecule has 90 valence electrons. The van der Waals surface area contributed by atoms with Crippen molar-refractivity contribution in [3.05, 3.63) is 58.0 Å². The first-order valence-electron chi connectivity index (χ1n) is 5.83. The molecule has 1 aromatic heterocycles. The topological polar surface area (TPSA) is 12.0 Å². The Morgan fingerprint density at radius 1 is 1.00 bits per heavy atom. The SMILES string of the molecule is Fc1ccccc1CCNCCc1cccs1. The maximum atomic E-state index is 13.3. The van der Waals surface area contributed by atoms with E-state index in [1.807, 2.05) is 12.1 Å². The van der Waals surface area contributed by atoms with E-state index >= 15 is 0 Å². The molecule has 1 heterocycles. The zero-order valence-corrected chi connectivity index (χ0v) is 10.5. The van der Waals surface area contributed by atoms with Gasteiger partial charge in [0.15, 0.2) is 0 Å². The fourth-order valence-corrected chi connectivity index (χ4v) is 2.42.